The van der Waals surface area contributed by atoms with E-state index in [-0.39, 0.29) is 11.3 Å². The summed E-state index contributed by atoms with van der Waals surface area (Å²) in [5.74, 6) is -1.29. The highest BCUT2D eigenvalue weighted by molar-refractivity contribution is 6.03. The van der Waals surface area contributed by atoms with E-state index in [0.717, 1.165) is 17.3 Å². The first-order chi connectivity index (χ1) is 13.5. The predicted molar refractivity (Wildman–Crippen MR) is 102 cm³/mol. The number of rotatable bonds is 6. The maximum absolute atomic E-state index is 12.3. The second-order valence-electron chi connectivity index (χ2n) is 5.99. The summed E-state index contributed by atoms with van der Waals surface area (Å²) < 4.78 is 5.06. The van der Waals surface area contributed by atoms with Gasteiger partial charge in [0, 0.05) is 31.3 Å². The fraction of sp³-hybridized carbons (Fsp3) is 0.211. The van der Waals surface area contributed by atoms with Gasteiger partial charge in [-0.05, 0) is 11.6 Å². The first kappa shape index (κ1) is 19.0. The minimum absolute atomic E-state index is 0.0144. The van der Waals surface area contributed by atoms with Crippen molar-refractivity contribution < 1.29 is 19.2 Å². The number of amides is 1. The number of benzene rings is 2. The number of nitrogens with zero attached hydrogens (tertiary/aromatic N) is 3. The van der Waals surface area contributed by atoms with Crippen LogP contribution in [0, 0.1) is 10.1 Å². The van der Waals surface area contributed by atoms with Crippen LogP contribution in [0.5, 0.6) is 0 Å². The highest BCUT2D eigenvalue weighted by atomic mass is 16.6. The first-order valence-corrected chi connectivity index (χ1v) is 8.56. The van der Waals surface area contributed by atoms with Crippen LogP contribution < -0.4 is 5.32 Å². The van der Waals surface area contributed by atoms with Gasteiger partial charge in [0.15, 0.2) is 6.61 Å². The lowest BCUT2D eigenvalue weighted by Crippen LogP contribution is -2.29. The maximum atomic E-state index is 12.3. The Morgan fingerprint density at radius 1 is 1.25 bits per heavy atom. The van der Waals surface area contributed by atoms with Gasteiger partial charge in [0.1, 0.15) is 0 Å². The normalized spacial score (nSPS) is 13.0. The molecule has 1 aliphatic heterocycles. The quantitative estimate of drug-likeness (QED) is 0.466. The second-order valence-corrected chi connectivity index (χ2v) is 5.99. The van der Waals surface area contributed by atoms with Gasteiger partial charge in [-0.25, -0.2) is 9.80 Å². The summed E-state index contributed by atoms with van der Waals surface area (Å²) in [6.07, 6.45) is 0.610. The summed E-state index contributed by atoms with van der Waals surface area (Å²) >= 11 is 0. The van der Waals surface area contributed by atoms with Crippen molar-refractivity contribution in [3.05, 3.63) is 69.8 Å². The fourth-order valence-electron chi connectivity index (χ4n) is 2.78. The van der Waals surface area contributed by atoms with Gasteiger partial charge in [-0.2, -0.15) is 5.10 Å². The zero-order valence-electron chi connectivity index (χ0n) is 15.1. The van der Waals surface area contributed by atoms with E-state index in [1.165, 1.54) is 17.1 Å². The minimum Gasteiger partial charge on any atom is -0.452 e. The highest BCUT2D eigenvalue weighted by Gasteiger charge is 2.24. The number of carbonyl (C=O) groups excluding carboxylic acids is 2. The molecular weight excluding hydrogens is 364 g/mol. The molecule has 9 nitrogen and oxygen atoms in total. The third-order valence-corrected chi connectivity index (χ3v) is 4.23. The van der Waals surface area contributed by atoms with Crippen LogP contribution in [0.15, 0.2) is 53.6 Å². The number of carbonyl (C=O) groups is 2. The summed E-state index contributed by atoms with van der Waals surface area (Å²) in [7, 11) is 1.58. The molecule has 2 aromatic rings. The molecule has 2 aromatic carbocycles. The SMILES string of the molecule is CNc1ccc([N+](=O)[O-])cc1C(=O)OCC(=O)N1CCC(c2ccccc2)=N1. The van der Waals surface area contributed by atoms with Gasteiger partial charge in [0.2, 0.25) is 0 Å². The van der Waals surface area contributed by atoms with E-state index in [9.17, 15) is 19.7 Å². The molecule has 0 saturated carbocycles. The van der Waals surface area contributed by atoms with E-state index in [2.05, 4.69) is 10.4 Å². The molecule has 3 rings (SSSR count). The molecule has 9 heteroatoms. The molecule has 0 radical (unpaired) electrons. The number of esters is 1. The number of nitrogens with one attached hydrogen (secondary N) is 1. The van der Waals surface area contributed by atoms with Crippen LogP contribution in [0.25, 0.3) is 0 Å². The average Bonchev–Trinajstić information content (AvgIpc) is 3.22. The Morgan fingerprint density at radius 3 is 2.68 bits per heavy atom. The molecule has 0 aromatic heterocycles. The van der Waals surface area contributed by atoms with E-state index in [4.69, 9.17) is 4.74 Å². The lowest BCUT2D eigenvalue weighted by Gasteiger charge is -2.12. The summed E-state index contributed by atoms with van der Waals surface area (Å²) in [6.45, 7) is -0.102. The number of anilines is 1. The molecule has 0 bridgehead atoms. The monoisotopic (exact) mass is 382 g/mol. The Labute approximate surface area is 160 Å². The zero-order chi connectivity index (χ0) is 20.1. The maximum Gasteiger partial charge on any atom is 0.341 e. The van der Waals surface area contributed by atoms with Gasteiger partial charge in [-0.15, -0.1) is 0 Å². The van der Waals surface area contributed by atoms with Gasteiger partial charge >= 0.3 is 5.97 Å². The van der Waals surface area contributed by atoms with E-state index in [1.807, 2.05) is 30.3 Å². The Kier molecular flexibility index (Phi) is 5.64. The molecule has 0 atom stereocenters. The molecule has 0 unspecified atom stereocenters. The third-order valence-electron chi connectivity index (χ3n) is 4.23. The van der Waals surface area contributed by atoms with E-state index in [1.54, 1.807) is 7.05 Å². The van der Waals surface area contributed by atoms with Crippen molar-refractivity contribution >= 4 is 29.0 Å². The second kappa shape index (κ2) is 8.30. The van der Waals surface area contributed by atoms with Gasteiger partial charge < -0.3 is 10.1 Å². The third kappa shape index (κ3) is 4.14. The van der Waals surface area contributed by atoms with Crippen LogP contribution in [-0.2, 0) is 9.53 Å². The van der Waals surface area contributed by atoms with Crippen LogP contribution in [0.1, 0.15) is 22.3 Å². The Morgan fingerprint density at radius 2 is 2.00 bits per heavy atom. The molecule has 28 heavy (non-hydrogen) atoms. The van der Waals surface area contributed by atoms with E-state index < -0.39 is 23.4 Å². The number of hydrazone groups is 1. The van der Waals surface area contributed by atoms with Gasteiger partial charge in [-0.1, -0.05) is 30.3 Å². The van der Waals surface area contributed by atoms with Crippen molar-refractivity contribution in [2.45, 2.75) is 6.42 Å². The zero-order valence-corrected chi connectivity index (χ0v) is 15.1. The number of non-ortho nitro benzene ring substituents is 1. The van der Waals surface area contributed by atoms with Crippen LogP contribution >= 0.6 is 0 Å². The summed E-state index contributed by atoms with van der Waals surface area (Å²) in [6, 6.07) is 13.3. The largest absolute Gasteiger partial charge is 0.452 e. The lowest BCUT2D eigenvalue weighted by atomic mass is 10.1. The molecular formula is C19H18N4O5. The number of nitro groups is 1. The van der Waals surface area contributed by atoms with Crippen molar-refractivity contribution in [3.63, 3.8) is 0 Å². The highest BCUT2D eigenvalue weighted by Crippen LogP contribution is 2.23. The summed E-state index contributed by atoms with van der Waals surface area (Å²) in [5.41, 5.74) is 1.84. The number of ether oxygens (including phenoxy) is 1. The first-order valence-electron chi connectivity index (χ1n) is 8.56. The van der Waals surface area contributed by atoms with Crippen molar-refractivity contribution in [1.82, 2.24) is 5.01 Å². The van der Waals surface area contributed by atoms with Crippen molar-refractivity contribution in [3.8, 4) is 0 Å². The Balaban J connectivity index is 1.65. The van der Waals surface area contributed by atoms with Gasteiger partial charge in [-0.3, -0.25) is 14.9 Å². The van der Waals surface area contributed by atoms with Crippen LogP contribution in [0.4, 0.5) is 11.4 Å². The molecule has 0 aliphatic carbocycles. The number of hydrogen-bond acceptors (Lipinski definition) is 7. The lowest BCUT2D eigenvalue weighted by molar-refractivity contribution is -0.384. The van der Waals surface area contributed by atoms with E-state index >= 15 is 0 Å². The molecule has 1 amide bonds. The Bertz CT molecular complexity index is 943. The van der Waals surface area contributed by atoms with Crippen LogP contribution in [-0.4, -0.2) is 47.7 Å². The number of hydrogen-bond donors (Lipinski definition) is 1. The molecule has 0 spiro atoms. The minimum atomic E-state index is -0.826. The van der Waals surface area contributed by atoms with Gasteiger partial charge in [0.05, 0.1) is 22.7 Å². The molecule has 1 heterocycles. The summed E-state index contributed by atoms with van der Waals surface area (Å²) in [5, 5.41) is 19.2. The fourth-order valence-corrected chi connectivity index (χ4v) is 2.78. The van der Waals surface area contributed by atoms with Crippen LogP contribution in [0.3, 0.4) is 0 Å². The average molecular weight is 382 g/mol. The standard InChI is InChI=1S/C19H18N4O5/c1-20-17-8-7-14(23(26)27)11-15(17)19(25)28-12-18(24)22-10-9-16(21-22)13-5-3-2-4-6-13/h2-8,11,20H,9-10,12H2,1H3. The van der Waals surface area contributed by atoms with Crippen molar-refractivity contribution in [2.24, 2.45) is 5.10 Å². The predicted octanol–water partition coefficient (Wildman–Crippen LogP) is 2.43. The van der Waals surface area contributed by atoms with Crippen LogP contribution in [0.2, 0.25) is 0 Å². The smallest absolute Gasteiger partial charge is 0.341 e. The topological polar surface area (TPSA) is 114 Å². The molecule has 1 N–H and O–H groups in total. The van der Waals surface area contributed by atoms with E-state index in [0.29, 0.717) is 18.7 Å². The molecule has 1 aliphatic rings. The molecule has 0 fully saturated rings. The van der Waals surface area contributed by atoms with Crippen molar-refractivity contribution in [2.75, 3.05) is 25.5 Å². The summed E-state index contributed by atoms with van der Waals surface area (Å²) in [4.78, 5) is 34.9. The number of nitro benzene ring substituents is 1. The molecule has 144 valence electrons. The van der Waals surface area contributed by atoms with Gasteiger partial charge in [0.25, 0.3) is 11.6 Å². The Hall–Kier alpha value is -3.75. The van der Waals surface area contributed by atoms with Crippen molar-refractivity contribution in [1.29, 1.82) is 0 Å². The molecule has 0 saturated heterocycles.